The molecule has 16 heteroatoms. The molecule has 2 heterocycles. The van der Waals surface area contributed by atoms with Gasteiger partial charge < -0.3 is 25.6 Å². The average Bonchev–Trinajstić information content (AvgIpc) is 3.39. The third kappa shape index (κ3) is 10.4. The van der Waals surface area contributed by atoms with Crippen LogP contribution in [-0.4, -0.2) is 108 Å². The van der Waals surface area contributed by atoms with Crippen LogP contribution < -0.4 is 16.0 Å². The molecule has 3 aliphatic rings. The Bertz CT molecular complexity index is 1800. The number of amides is 5. The van der Waals surface area contributed by atoms with E-state index in [1.165, 1.54) is 11.0 Å². The SMILES string of the molecule is C=CCNC(=O)C(=O)C(CCC)CC(=O)[C@@H]1[C@@H]2[C@H](CN1C(=O)[C@@H](NC(=O)N[C@H](CN1CCN(C(=O)OCc3ccccc3)S1(=O)=O)C(C)(C)C)C(C)(C)C)C2(C)C. The lowest BCUT2D eigenvalue weighted by atomic mass is 9.84. The van der Waals surface area contributed by atoms with Gasteiger partial charge in [0.15, 0.2) is 5.78 Å². The smallest absolute Gasteiger partial charge is 0.424 e. The molecule has 15 nitrogen and oxygen atoms in total. The van der Waals surface area contributed by atoms with Crippen molar-refractivity contribution in [2.24, 2.45) is 34.0 Å². The number of hydrogen-bond donors (Lipinski definition) is 3. The van der Waals surface area contributed by atoms with Gasteiger partial charge in [0.05, 0.1) is 12.6 Å². The first kappa shape index (κ1) is 45.4. The lowest BCUT2D eigenvalue weighted by Crippen LogP contribution is -2.61. The van der Waals surface area contributed by atoms with E-state index < -0.39 is 74.8 Å². The number of ketones is 2. The van der Waals surface area contributed by atoms with Gasteiger partial charge in [-0.2, -0.15) is 17.0 Å². The quantitative estimate of drug-likeness (QED) is 0.163. The first-order valence-corrected chi connectivity index (χ1v) is 21.2. The van der Waals surface area contributed by atoms with E-state index in [0.29, 0.717) is 29.3 Å². The molecule has 1 aliphatic carbocycles. The number of hydrogen-bond acceptors (Lipinski definition) is 9. The monoisotopic (exact) mass is 814 g/mol. The zero-order valence-corrected chi connectivity index (χ0v) is 35.7. The van der Waals surface area contributed by atoms with Gasteiger partial charge in [-0.25, -0.2) is 9.59 Å². The van der Waals surface area contributed by atoms with Crippen LogP contribution in [0.25, 0.3) is 0 Å². The molecule has 5 amide bonds. The van der Waals surface area contributed by atoms with Crippen LogP contribution in [0.2, 0.25) is 0 Å². The topological polar surface area (TPSA) is 192 Å². The van der Waals surface area contributed by atoms with Crippen LogP contribution in [-0.2, 0) is 40.7 Å². The van der Waals surface area contributed by atoms with Crippen molar-refractivity contribution in [1.82, 2.24) is 29.5 Å². The summed E-state index contributed by atoms with van der Waals surface area (Å²) in [6.45, 7) is 20.5. The van der Waals surface area contributed by atoms with E-state index in [9.17, 15) is 37.2 Å². The predicted octanol–water partition coefficient (Wildman–Crippen LogP) is 4.04. The summed E-state index contributed by atoms with van der Waals surface area (Å²) in [5.74, 6) is -3.12. The second kappa shape index (κ2) is 17.7. The van der Waals surface area contributed by atoms with Gasteiger partial charge in [-0.05, 0) is 40.1 Å². The largest absolute Gasteiger partial charge is 0.444 e. The fraction of sp³-hybridized carbons (Fsp3) is 0.659. The lowest BCUT2D eigenvalue weighted by Gasteiger charge is -2.39. The van der Waals surface area contributed by atoms with Crippen LogP contribution in [0, 0.1) is 34.0 Å². The van der Waals surface area contributed by atoms with Gasteiger partial charge >= 0.3 is 22.3 Å². The molecular weight excluding hydrogens is 753 g/mol. The van der Waals surface area contributed by atoms with Crippen molar-refractivity contribution >= 4 is 45.7 Å². The molecule has 4 rings (SSSR count). The Labute approximate surface area is 337 Å². The molecule has 1 saturated carbocycles. The van der Waals surface area contributed by atoms with Crippen LogP contribution >= 0.6 is 0 Å². The number of carbonyl (C=O) groups is 6. The molecule has 1 aromatic rings. The van der Waals surface area contributed by atoms with Crippen molar-refractivity contribution in [1.29, 1.82) is 0 Å². The number of fused-ring (bicyclic) bond motifs is 1. The Morgan fingerprint density at radius 2 is 1.63 bits per heavy atom. The van der Waals surface area contributed by atoms with Crippen molar-refractivity contribution in [3.05, 3.63) is 48.6 Å². The number of ether oxygens (including phenoxy) is 1. The zero-order chi connectivity index (χ0) is 42.7. The van der Waals surface area contributed by atoms with Crippen molar-refractivity contribution in [2.75, 3.05) is 32.7 Å². The lowest BCUT2D eigenvalue weighted by molar-refractivity contribution is -0.145. The van der Waals surface area contributed by atoms with E-state index >= 15 is 0 Å². The van der Waals surface area contributed by atoms with Gasteiger partial charge in [0.1, 0.15) is 12.6 Å². The summed E-state index contributed by atoms with van der Waals surface area (Å²) < 4.78 is 34.1. The summed E-state index contributed by atoms with van der Waals surface area (Å²) in [6.07, 6.45) is 1.19. The second-order valence-corrected chi connectivity index (χ2v) is 20.1. The van der Waals surface area contributed by atoms with Crippen molar-refractivity contribution < 1.29 is 41.9 Å². The minimum Gasteiger partial charge on any atom is -0.444 e. The van der Waals surface area contributed by atoms with E-state index in [-0.39, 0.29) is 62.2 Å². The summed E-state index contributed by atoms with van der Waals surface area (Å²) in [5, 5.41) is 8.24. The molecule has 3 N–H and O–H groups in total. The van der Waals surface area contributed by atoms with Gasteiger partial charge in [0.2, 0.25) is 11.7 Å². The molecule has 316 valence electrons. The molecule has 3 fully saturated rings. The highest BCUT2D eigenvalue weighted by molar-refractivity contribution is 7.87. The van der Waals surface area contributed by atoms with Gasteiger partial charge in [-0.15, -0.1) is 6.58 Å². The predicted molar refractivity (Wildman–Crippen MR) is 214 cm³/mol. The van der Waals surface area contributed by atoms with E-state index in [0.717, 1.165) is 4.31 Å². The number of nitrogens with zero attached hydrogens (tertiary/aromatic N) is 3. The van der Waals surface area contributed by atoms with E-state index in [1.54, 1.807) is 45.0 Å². The number of nitrogens with one attached hydrogen (secondary N) is 3. The number of carbonyl (C=O) groups excluding carboxylic acids is 6. The van der Waals surface area contributed by atoms with E-state index in [4.69, 9.17) is 4.74 Å². The van der Waals surface area contributed by atoms with Crippen LogP contribution in [0.5, 0.6) is 0 Å². The third-order valence-electron chi connectivity index (χ3n) is 11.6. The molecule has 1 unspecified atom stereocenters. The maximum absolute atomic E-state index is 14.5. The number of urea groups is 1. The summed E-state index contributed by atoms with van der Waals surface area (Å²) in [7, 11) is -4.27. The van der Waals surface area contributed by atoms with Gasteiger partial charge in [0, 0.05) is 44.6 Å². The molecule has 0 aromatic heterocycles. The van der Waals surface area contributed by atoms with Gasteiger partial charge in [-0.1, -0.05) is 105 Å². The molecule has 6 atom stereocenters. The highest BCUT2D eigenvalue weighted by Crippen LogP contribution is 2.65. The Kier molecular flexibility index (Phi) is 14.1. The molecule has 2 aliphatic heterocycles. The highest BCUT2D eigenvalue weighted by atomic mass is 32.2. The normalized spacial score (nSPS) is 22.7. The number of benzene rings is 1. The van der Waals surface area contributed by atoms with Crippen molar-refractivity contribution in [3.8, 4) is 0 Å². The zero-order valence-electron chi connectivity index (χ0n) is 34.9. The van der Waals surface area contributed by atoms with Crippen molar-refractivity contribution in [2.45, 2.75) is 106 Å². The maximum atomic E-state index is 14.5. The van der Waals surface area contributed by atoms with Crippen LogP contribution in [0.3, 0.4) is 0 Å². The molecule has 0 bridgehead atoms. The van der Waals surface area contributed by atoms with Gasteiger partial charge in [0.25, 0.3) is 5.91 Å². The summed E-state index contributed by atoms with van der Waals surface area (Å²) >= 11 is 0. The Morgan fingerprint density at radius 3 is 2.21 bits per heavy atom. The maximum Gasteiger partial charge on any atom is 0.424 e. The number of likely N-dealkylation sites (tertiary alicyclic amines) is 1. The number of Topliss-reactive ketones (excluding diaryl/α,β-unsaturated/α-hetero) is 2. The summed E-state index contributed by atoms with van der Waals surface area (Å²) in [4.78, 5) is 82.6. The average molecular weight is 815 g/mol. The summed E-state index contributed by atoms with van der Waals surface area (Å²) in [5.41, 5.74) is -0.983. The highest BCUT2D eigenvalue weighted by Gasteiger charge is 2.69. The van der Waals surface area contributed by atoms with Crippen LogP contribution in [0.1, 0.15) is 87.1 Å². The Hall–Kier alpha value is -4.31. The standard InChI is InChI=1S/C41H62N6O9S/c1-11-16-27(33(49)35(50)42-19-12-2)22-29(48)32-31-28(41(31,9)10)23-46(32)36(51)34(40(6,7)8)44-37(52)43-30(39(3,4)5)24-45-20-21-47(57(45,54)55)38(53)56-25-26-17-14-13-15-18-26/h12-15,17-18,27-28,30-32,34H,2,11,16,19-25H2,1,3-10H3,(H,42,50)(H2,43,44,52)/t27?,28-,30+,31-,32+,34+/m0/s1. The minimum absolute atomic E-state index is 0.00494. The Morgan fingerprint density at radius 1 is 0.982 bits per heavy atom. The first-order chi connectivity index (χ1) is 26.5. The number of piperidine rings is 1. The third-order valence-corrected chi connectivity index (χ3v) is 13.5. The molecular formula is C41H62N6O9S. The number of rotatable bonds is 16. The minimum atomic E-state index is -4.27. The van der Waals surface area contributed by atoms with Gasteiger partial charge in [-0.3, -0.25) is 19.2 Å². The van der Waals surface area contributed by atoms with Crippen LogP contribution in [0.4, 0.5) is 9.59 Å². The van der Waals surface area contributed by atoms with Crippen LogP contribution in [0.15, 0.2) is 43.0 Å². The Balaban J connectivity index is 1.48. The molecule has 0 radical (unpaired) electrons. The van der Waals surface area contributed by atoms with E-state index in [2.05, 4.69) is 36.4 Å². The summed E-state index contributed by atoms with van der Waals surface area (Å²) in [6, 6.07) is 5.52. The molecule has 57 heavy (non-hydrogen) atoms. The van der Waals surface area contributed by atoms with E-state index in [1.807, 2.05) is 33.8 Å². The second-order valence-electron chi connectivity index (χ2n) is 18.2. The van der Waals surface area contributed by atoms with Crippen molar-refractivity contribution in [3.63, 3.8) is 0 Å². The molecule has 2 saturated heterocycles. The molecule has 0 spiro atoms. The fourth-order valence-electron chi connectivity index (χ4n) is 7.98. The fourth-order valence-corrected chi connectivity index (χ4v) is 9.46. The molecule has 1 aromatic carbocycles. The first-order valence-electron chi connectivity index (χ1n) is 19.8.